The summed E-state index contributed by atoms with van der Waals surface area (Å²) in [5, 5.41) is 8.55. The Labute approximate surface area is 285 Å². The molecule has 0 aromatic heterocycles. The van der Waals surface area contributed by atoms with E-state index in [9.17, 15) is 9.59 Å². The fraction of sp³-hybridized carbons (Fsp3) is 0.628. The molecule has 0 aliphatic carbocycles. The van der Waals surface area contributed by atoms with Crippen molar-refractivity contribution in [2.45, 2.75) is 168 Å². The van der Waals surface area contributed by atoms with Crippen LogP contribution in [0.25, 0.3) is 0 Å². The Balaban J connectivity index is 0. The average molecular weight is 637 g/mol. The summed E-state index contributed by atoms with van der Waals surface area (Å²) in [6.07, 6.45) is 55.4. The van der Waals surface area contributed by atoms with Crippen LogP contribution in [0, 0.1) is 0 Å². The van der Waals surface area contributed by atoms with E-state index in [4.69, 9.17) is 5.11 Å². The molecule has 0 aliphatic rings. The minimum atomic E-state index is -0.0816. The molecule has 0 spiro atoms. The molecule has 0 radical (unpaired) electrons. The summed E-state index contributed by atoms with van der Waals surface area (Å²) in [6.45, 7) is 6.46. The second-order valence-corrected chi connectivity index (χ2v) is 12.0. The quantitative estimate of drug-likeness (QED) is 0.0468. The zero-order valence-corrected chi connectivity index (χ0v) is 30.3. The number of carbonyl (C=O) groups is 2. The first-order valence-corrected chi connectivity index (χ1v) is 18.9. The second-order valence-electron chi connectivity index (χ2n) is 12.0. The SMILES string of the molecule is CC/C=C/C(=O)CCCCCCC/C=C\C/C=C\CCCCC.CCCCC/C=C\C/C=C\CCCCC/C=C/C(=O)/C=C/CO. The zero-order valence-electron chi connectivity index (χ0n) is 30.3. The summed E-state index contributed by atoms with van der Waals surface area (Å²) in [7, 11) is 0. The van der Waals surface area contributed by atoms with Gasteiger partial charge in [0.05, 0.1) is 6.61 Å². The summed E-state index contributed by atoms with van der Waals surface area (Å²) >= 11 is 0. The van der Waals surface area contributed by atoms with E-state index < -0.39 is 0 Å². The van der Waals surface area contributed by atoms with Crippen molar-refractivity contribution in [3.05, 3.63) is 85.1 Å². The molecule has 262 valence electrons. The number of aliphatic hydroxyl groups excluding tert-OH is 1. The summed E-state index contributed by atoms with van der Waals surface area (Å²) in [5.41, 5.74) is 0. The van der Waals surface area contributed by atoms with E-state index in [1.54, 1.807) is 12.2 Å². The largest absolute Gasteiger partial charge is 0.392 e. The molecular formula is C43H72O3. The number of carbonyl (C=O) groups excluding carboxylic acids is 2. The Hall–Kier alpha value is -2.52. The fourth-order valence-corrected chi connectivity index (χ4v) is 4.59. The Kier molecular flexibility index (Phi) is 42.1. The van der Waals surface area contributed by atoms with Crippen molar-refractivity contribution in [3.8, 4) is 0 Å². The van der Waals surface area contributed by atoms with E-state index in [0.717, 1.165) is 51.4 Å². The van der Waals surface area contributed by atoms with Crippen LogP contribution < -0.4 is 0 Å². The van der Waals surface area contributed by atoms with Gasteiger partial charge >= 0.3 is 0 Å². The molecule has 0 aromatic rings. The van der Waals surface area contributed by atoms with E-state index in [0.29, 0.717) is 0 Å². The third kappa shape index (κ3) is 43.6. The van der Waals surface area contributed by atoms with Crippen LogP contribution in [0.15, 0.2) is 85.1 Å². The van der Waals surface area contributed by atoms with Crippen LogP contribution in [0.1, 0.15) is 168 Å². The zero-order chi connectivity index (χ0) is 34.0. The second kappa shape index (κ2) is 42.5. The maximum atomic E-state index is 11.4. The predicted molar refractivity (Wildman–Crippen MR) is 204 cm³/mol. The summed E-state index contributed by atoms with van der Waals surface area (Å²) in [5.74, 6) is 0.238. The molecule has 0 bridgehead atoms. The van der Waals surface area contributed by atoms with E-state index in [-0.39, 0.29) is 18.2 Å². The highest BCUT2D eigenvalue weighted by Crippen LogP contribution is 2.09. The van der Waals surface area contributed by atoms with Gasteiger partial charge in [0.15, 0.2) is 11.6 Å². The standard InChI is InChI=1S/C22H38O.C21H34O2/c1-3-5-7-8-9-10-11-12-13-14-15-16-17-18-19-21-22(23)20-6-4-2;1-2-3-4-5-6-7-8-9-10-11-12-13-14-15-16-18-21(23)19-17-20-22/h6,9-10,12-13,20H,3-5,7-8,11,14-19,21H2,1-2H3;6-7,9-10,16-19,22H,2-5,8,11-15,20H2,1H3/b10-9-,13-12-,20-6+;7-6-,10-9-,18-16+,19-17+. The van der Waals surface area contributed by atoms with Gasteiger partial charge in [-0.05, 0) is 108 Å². The van der Waals surface area contributed by atoms with Gasteiger partial charge in [0.1, 0.15) is 0 Å². The molecule has 0 rings (SSSR count). The summed E-state index contributed by atoms with van der Waals surface area (Å²) < 4.78 is 0. The van der Waals surface area contributed by atoms with Gasteiger partial charge in [0, 0.05) is 6.42 Å². The Morgan fingerprint density at radius 1 is 0.435 bits per heavy atom. The van der Waals surface area contributed by atoms with Gasteiger partial charge in [0.25, 0.3) is 0 Å². The van der Waals surface area contributed by atoms with Crippen molar-refractivity contribution in [3.63, 3.8) is 0 Å². The minimum Gasteiger partial charge on any atom is -0.392 e. The van der Waals surface area contributed by atoms with Crippen LogP contribution >= 0.6 is 0 Å². The lowest BCUT2D eigenvalue weighted by Crippen LogP contribution is -1.92. The molecule has 0 atom stereocenters. The topological polar surface area (TPSA) is 54.4 Å². The maximum absolute atomic E-state index is 11.4. The van der Waals surface area contributed by atoms with Crippen molar-refractivity contribution in [2.24, 2.45) is 0 Å². The van der Waals surface area contributed by atoms with Crippen LogP contribution in [0.3, 0.4) is 0 Å². The molecule has 0 aromatic carbocycles. The number of allylic oxidation sites excluding steroid dienone is 13. The van der Waals surface area contributed by atoms with Gasteiger partial charge in [-0.2, -0.15) is 0 Å². The average Bonchev–Trinajstić information content (AvgIpc) is 3.06. The number of unbranched alkanes of at least 4 members (excludes halogenated alkanes) is 15. The molecule has 0 amide bonds. The number of aliphatic hydroxyl groups is 1. The Bertz CT molecular complexity index is 853. The summed E-state index contributed by atoms with van der Waals surface area (Å²) in [4.78, 5) is 22.7. The fourth-order valence-electron chi connectivity index (χ4n) is 4.59. The molecule has 0 fully saturated rings. The lowest BCUT2D eigenvalue weighted by atomic mass is 10.1. The van der Waals surface area contributed by atoms with E-state index in [1.165, 1.54) is 108 Å². The van der Waals surface area contributed by atoms with Crippen molar-refractivity contribution >= 4 is 11.6 Å². The van der Waals surface area contributed by atoms with Crippen molar-refractivity contribution in [2.75, 3.05) is 6.61 Å². The van der Waals surface area contributed by atoms with Gasteiger partial charge in [-0.1, -0.05) is 139 Å². The molecular weight excluding hydrogens is 564 g/mol. The lowest BCUT2D eigenvalue weighted by Gasteiger charge is -1.99. The van der Waals surface area contributed by atoms with Gasteiger partial charge in [-0.3, -0.25) is 9.59 Å². The van der Waals surface area contributed by atoms with Crippen LogP contribution in [-0.4, -0.2) is 23.3 Å². The normalized spacial score (nSPS) is 12.3. The first kappa shape index (κ1) is 45.6. The number of ketones is 2. The lowest BCUT2D eigenvalue weighted by molar-refractivity contribution is -0.114. The Morgan fingerprint density at radius 2 is 0.848 bits per heavy atom. The first-order chi connectivity index (χ1) is 22.6. The molecule has 0 unspecified atom stereocenters. The first-order valence-electron chi connectivity index (χ1n) is 18.9. The van der Waals surface area contributed by atoms with Gasteiger partial charge in [-0.15, -0.1) is 0 Å². The van der Waals surface area contributed by atoms with E-state index in [1.807, 2.05) is 12.2 Å². The molecule has 0 aliphatic heterocycles. The molecule has 3 heteroatoms. The summed E-state index contributed by atoms with van der Waals surface area (Å²) in [6, 6.07) is 0. The van der Waals surface area contributed by atoms with E-state index >= 15 is 0 Å². The highest BCUT2D eigenvalue weighted by atomic mass is 16.2. The molecule has 1 N–H and O–H groups in total. The van der Waals surface area contributed by atoms with Crippen LogP contribution in [0.4, 0.5) is 0 Å². The molecule has 0 saturated carbocycles. The van der Waals surface area contributed by atoms with Gasteiger partial charge in [-0.25, -0.2) is 0 Å². The van der Waals surface area contributed by atoms with Crippen molar-refractivity contribution in [1.29, 1.82) is 0 Å². The monoisotopic (exact) mass is 637 g/mol. The van der Waals surface area contributed by atoms with Crippen LogP contribution in [0.5, 0.6) is 0 Å². The molecule has 0 heterocycles. The van der Waals surface area contributed by atoms with Gasteiger partial charge in [0.2, 0.25) is 0 Å². The molecule has 0 saturated heterocycles. The van der Waals surface area contributed by atoms with Gasteiger partial charge < -0.3 is 5.11 Å². The van der Waals surface area contributed by atoms with E-state index in [2.05, 4.69) is 69.4 Å². The van der Waals surface area contributed by atoms with Crippen LogP contribution in [-0.2, 0) is 9.59 Å². The highest BCUT2D eigenvalue weighted by molar-refractivity contribution is 5.99. The third-order valence-corrected chi connectivity index (χ3v) is 7.40. The minimum absolute atomic E-state index is 0.0512. The number of hydrogen-bond donors (Lipinski definition) is 1. The maximum Gasteiger partial charge on any atom is 0.178 e. The number of hydrogen-bond acceptors (Lipinski definition) is 3. The molecule has 46 heavy (non-hydrogen) atoms. The highest BCUT2D eigenvalue weighted by Gasteiger charge is 1.96. The predicted octanol–water partition coefficient (Wildman–Crippen LogP) is 13.0. The van der Waals surface area contributed by atoms with Crippen molar-refractivity contribution < 1.29 is 14.7 Å². The van der Waals surface area contributed by atoms with Crippen LogP contribution in [0.2, 0.25) is 0 Å². The van der Waals surface area contributed by atoms with Crippen molar-refractivity contribution in [1.82, 2.24) is 0 Å². The number of rotatable bonds is 31. The smallest absolute Gasteiger partial charge is 0.178 e. The molecule has 3 nitrogen and oxygen atoms in total. The third-order valence-electron chi connectivity index (χ3n) is 7.40. The Morgan fingerprint density at radius 3 is 1.33 bits per heavy atom.